The van der Waals surface area contributed by atoms with Crippen molar-refractivity contribution in [1.82, 2.24) is 4.72 Å². The average molecular weight is 297 g/mol. The number of carboxylic acid groups (broad SMARTS) is 1. The summed E-state index contributed by atoms with van der Waals surface area (Å²) in [6.45, 7) is 0.507. The smallest absolute Gasteiger partial charge is 0.310 e. The molecule has 0 unspecified atom stereocenters. The van der Waals surface area contributed by atoms with E-state index in [1.165, 1.54) is 6.07 Å². The lowest BCUT2D eigenvalue weighted by atomic mass is 10.1. The molecule has 6 nitrogen and oxygen atoms in total. The molecule has 1 saturated carbocycles. The summed E-state index contributed by atoms with van der Waals surface area (Å²) in [5.41, 5.74) is -0.0420. The standard InChI is InChI=1S/C13H15NO5S/c15-12(16)13(4-5-13)8-14-20(17,18)10-1-2-11-9(7-10)3-6-19-11/h1-2,7,14H,3-6,8H2,(H,15,16). The highest BCUT2D eigenvalue weighted by Crippen LogP contribution is 2.45. The van der Waals surface area contributed by atoms with Crippen molar-refractivity contribution in [2.24, 2.45) is 5.41 Å². The largest absolute Gasteiger partial charge is 0.493 e. The van der Waals surface area contributed by atoms with E-state index >= 15 is 0 Å². The van der Waals surface area contributed by atoms with Crippen molar-refractivity contribution in [3.8, 4) is 5.75 Å². The molecule has 0 radical (unpaired) electrons. The summed E-state index contributed by atoms with van der Waals surface area (Å²) < 4.78 is 32.1. The van der Waals surface area contributed by atoms with Gasteiger partial charge < -0.3 is 9.84 Å². The van der Waals surface area contributed by atoms with E-state index in [4.69, 9.17) is 9.84 Å². The Labute approximate surface area is 116 Å². The highest BCUT2D eigenvalue weighted by Gasteiger charge is 2.50. The van der Waals surface area contributed by atoms with E-state index in [0.717, 1.165) is 5.56 Å². The van der Waals surface area contributed by atoms with Crippen molar-refractivity contribution in [3.05, 3.63) is 23.8 Å². The molecule has 0 spiro atoms. The molecule has 0 saturated heterocycles. The summed E-state index contributed by atoms with van der Waals surface area (Å²) in [4.78, 5) is 11.2. The number of fused-ring (bicyclic) bond motifs is 1. The summed E-state index contributed by atoms with van der Waals surface area (Å²) in [5, 5.41) is 9.05. The molecule has 0 aromatic heterocycles. The molecule has 0 amide bonds. The van der Waals surface area contributed by atoms with E-state index in [2.05, 4.69) is 4.72 Å². The first-order chi connectivity index (χ1) is 9.43. The van der Waals surface area contributed by atoms with Gasteiger partial charge in [0.25, 0.3) is 0 Å². The van der Waals surface area contributed by atoms with Crippen LogP contribution in [0.2, 0.25) is 0 Å². The second kappa shape index (κ2) is 4.46. The summed E-state index contributed by atoms with van der Waals surface area (Å²) in [6.07, 6.45) is 1.73. The van der Waals surface area contributed by atoms with Crippen LogP contribution in [0.15, 0.2) is 23.1 Å². The van der Waals surface area contributed by atoms with Crippen molar-refractivity contribution in [2.45, 2.75) is 24.2 Å². The molecule has 1 aromatic rings. The number of carbonyl (C=O) groups is 1. The number of nitrogens with one attached hydrogen (secondary N) is 1. The minimum Gasteiger partial charge on any atom is -0.493 e. The van der Waals surface area contributed by atoms with Crippen LogP contribution in [-0.2, 0) is 21.2 Å². The third-order valence-corrected chi connectivity index (χ3v) is 5.28. The fraction of sp³-hybridized carbons (Fsp3) is 0.462. The van der Waals surface area contributed by atoms with Gasteiger partial charge in [0.1, 0.15) is 5.75 Å². The minimum absolute atomic E-state index is 0.0573. The normalized spacial score (nSPS) is 19.2. The van der Waals surface area contributed by atoms with E-state index in [1.807, 2.05) is 0 Å². The zero-order valence-electron chi connectivity index (χ0n) is 10.8. The van der Waals surface area contributed by atoms with E-state index in [9.17, 15) is 13.2 Å². The fourth-order valence-corrected chi connectivity index (χ4v) is 3.44. The Morgan fingerprint density at radius 1 is 1.40 bits per heavy atom. The lowest BCUT2D eigenvalue weighted by Gasteiger charge is -2.12. The second-order valence-electron chi connectivity index (χ2n) is 5.28. The summed E-state index contributed by atoms with van der Waals surface area (Å²) in [5.74, 6) is -0.226. The van der Waals surface area contributed by atoms with E-state index in [-0.39, 0.29) is 11.4 Å². The maximum atomic E-state index is 12.2. The lowest BCUT2D eigenvalue weighted by molar-refractivity contribution is -0.143. The molecule has 2 aliphatic rings. The van der Waals surface area contributed by atoms with Crippen LogP contribution in [0.25, 0.3) is 0 Å². The summed E-state index contributed by atoms with van der Waals surface area (Å²) in [6, 6.07) is 4.71. The molecule has 2 N–H and O–H groups in total. The first-order valence-electron chi connectivity index (χ1n) is 6.42. The van der Waals surface area contributed by atoms with E-state index < -0.39 is 21.4 Å². The number of hydrogen-bond acceptors (Lipinski definition) is 4. The maximum absolute atomic E-state index is 12.2. The fourth-order valence-electron chi connectivity index (χ4n) is 2.26. The number of hydrogen-bond donors (Lipinski definition) is 2. The van der Waals surface area contributed by atoms with Crippen LogP contribution in [0.3, 0.4) is 0 Å². The quantitative estimate of drug-likeness (QED) is 0.837. The van der Waals surface area contributed by atoms with E-state index in [0.29, 0.717) is 31.6 Å². The first-order valence-corrected chi connectivity index (χ1v) is 7.90. The number of aliphatic carboxylic acids is 1. The van der Waals surface area contributed by atoms with Crippen LogP contribution >= 0.6 is 0 Å². The van der Waals surface area contributed by atoms with Crippen molar-refractivity contribution in [2.75, 3.05) is 13.2 Å². The van der Waals surface area contributed by atoms with Crippen LogP contribution in [0.1, 0.15) is 18.4 Å². The third-order valence-electron chi connectivity index (χ3n) is 3.88. The molecule has 1 heterocycles. The molecule has 1 aliphatic heterocycles. The lowest BCUT2D eigenvalue weighted by Crippen LogP contribution is -2.34. The van der Waals surface area contributed by atoms with Gasteiger partial charge in [0.15, 0.2) is 0 Å². The molecule has 20 heavy (non-hydrogen) atoms. The molecule has 1 fully saturated rings. The van der Waals surface area contributed by atoms with Crippen LogP contribution in [0, 0.1) is 5.41 Å². The number of sulfonamides is 1. The Balaban J connectivity index is 1.77. The van der Waals surface area contributed by atoms with Gasteiger partial charge in [-0.3, -0.25) is 4.79 Å². The Morgan fingerprint density at radius 2 is 2.15 bits per heavy atom. The van der Waals surface area contributed by atoms with Crippen LogP contribution < -0.4 is 9.46 Å². The van der Waals surface area contributed by atoms with Crippen LogP contribution in [0.4, 0.5) is 0 Å². The molecule has 108 valence electrons. The van der Waals surface area contributed by atoms with Crippen molar-refractivity contribution in [3.63, 3.8) is 0 Å². The predicted octanol–water partition coefficient (Wildman–Crippen LogP) is 0.765. The highest BCUT2D eigenvalue weighted by molar-refractivity contribution is 7.89. The summed E-state index contributed by atoms with van der Waals surface area (Å²) >= 11 is 0. The van der Waals surface area contributed by atoms with Gasteiger partial charge in [-0.05, 0) is 36.6 Å². The molecule has 1 aliphatic carbocycles. The predicted molar refractivity (Wildman–Crippen MR) is 70.1 cm³/mol. The monoisotopic (exact) mass is 297 g/mol. The van der Waals surface area contributed by atoms with Gasteiger partial charge in [-0.15, -0.1) is 0 Å². The Kier molecular flexibility index (Phi) is 2.98. The van der Waals surface area contributed by atoms with Gasteiger partial charge in [-0.25, -0.2) is 13.1 Å². The second-order valence-corrected chi connectivity index (χ2v) is 7.04. The number of ether oxygens (including phenoxy) is 1. The Bertz CT molecular complexity index is 663. The molecule has 0 bridgehead atoms. The van der Waals surface area contributed by atoms with Crippen LogP contribution in [-0.4, -0.2) is 32.6 Å². The zero-order valence-corrected chi connectivity index (χ0v) is 11.6. The van der Waals surface area contributed by atoms with Gasteiger partial charge in [0.05, 0.1) is 16.9 Å². The molecule has 0 atom stereocenters. The van der Waals surface area contributed by atoms with Crippen LogP contribution in [0.5, 0.6) is 5.75 Å². The molecular formula is C13H15NO5S. The van der Waals surface area contributed by atoms with Crippen molar-refractivity contribution >= 4 is 16.0 Å². The Morgan fingerprint density at radius 3 is 2.80 bits per heavy atom. The van der Waals surface area contributed by atoms with Gasteiger partial charge in [-0.2, -0.15) is 0 Å². The number of carboxylic acids is 1. The molecule has 1 aromatic carbocycles. The average Bonchev–Trinajstić information content (AvgIpc) is 3.07. The van der Waals surface area contributed by atoms with Crippen molar-refractivity contribution in [1.29, 1.82) is 0 Å². The zero-order chi connectivity index (χ0) is 14.4. The first kappa shape index (κ1) is 13.4. The Hall–Kier alpha value is -1.60. The molecular weight excluding hydrogens is 282 g/mol. The van der Waals surface area contributed by atoms with E-state index in [1.54, 1.807) is 12.1 Å². The highest BCUT2D eigenvalue weighted by atomic mass is 32.2. The minimum atomic E-state index is -3.68. The summed E-state index contributed by atoms with van der Waals surface area (Å²) in [7, 11) is -3.68. The molecule has 3 rings (SSSR count). The topological polar surface area (TPSA) is 92.7 Å². The number of rotatable bonds is 5. The molecule has 7 heteroatoms. The van der Waals surface area contributed by atoms with Crippen molar-refractivity contribution < 1.29 is 23.1 Å². The van der Waals surface area contributed by atoms with Gasteiger partial charge >= 0.3 is 5.97 Å². The van der Waals surface area contributed by atoms with Gasteiger partial charge in [0, 0.05) is 13.0 Å². The third kappa shape index (κ3) is 2.27. The number of benzene rings is 1. The van der Waals surface area contributed by atoms with Gasteiger partial charge in [-0.1, -0.05) is 0 Å². The maximum Gasteiger partial charge on any atom is 0.310 e. The SMILES string of the molecule is O=C(O)C1(CNS(=O)(=O)c2ccc3c(c2)CCO3)CC1. The van der Waals surface area contributed by atoms with Gasteiger partial charge in [0.2, 0.25) is 10.0 Å².